The molecule has 28 heavy (non-hydrogen) atoms. The Balaban J connectivity index is 1.49. The molecule has 1 heterocycles. The molecular formula is C21H25BrFN3O2. The SMILES string of the molecule is COc1ccc(CN2CCN([C@H](C)C(=O)Nc3ccc(Br)cc3)CC2)cc1F. The number of nitrogens with zero attached hydrogens (tertiary/aromatic N) is 2. The average Bonchev–Trinajstić information content (AvgIpc) is 2.70. The first-order chi connectivity index (χ1) is 13.5. The lowest BCUT2D eigenvalue weighted by molar-refractivity contribution is -0.121. The van der Waals surface area contributed by atoms with Gasteiger partial charge in [0.05, 0.1) is 13.2 Å². The van der Waals surface area contributed by atoms with Gasteiger partial charge in [-0.05, 0) is 48.9 Å². The van der Waals surface area contributed by atoms with E-state index in [9.17, 15) is 9.18 Å². The molecule has 0 unspecified atom stereocenters. The number of benzene rings is 2. The minimum atomic E-state index is -0.336. The third-order valence-electron chi connectivity index (χ3n) is 5.07. The Bertz CT molecular complexity index is 808. The van der Waals surface area contributed by atoms with Crippen LogP contribution in [-0.4, -0.2) is 55.0 Å². The molecule has 0 radical (unpaired) electrons. The zero-order valence-corrected chi connectivity index (χ0v) is 17.7. The fourth-order valence-corrected chi connectivity index (χ4v) is 3.59. The third kappa shape index (κ3) is 5.31. The minimum absolute atomic E-state index is 0.00648. The van der Waals surface area contributed by atoms with E-state index in [1.807, 2.05) is 37.3 Å². The van der Waals surface area contributed by atoms with Gasteiger partial charge in [-0.2, -0.15) is 0 Å². The molecule has 1 amide bonds. The van der Waals surface area contributed by atoms with Crippen LogP contribution in [-0.2, 0) is 11.3 Å². The summed E-state index contributed by atoms with van der Waals surface area (Å²) >= 11 is 3.39. The maximum atomic E-state index is 13.9. The van der Waals surface area contributed by atoms with E-state index in [1.165, 1.54) is 13.2 Å². The number of hydrogen-bond donors (Lipinski definition) is 1. The number of rotatable bonds is 6. The molecule has 1 fully saturated rings. The minimum Gasteiger partial charge on any atom is -0.494 e. The molecular weight excluding hydrogens is 425 g/mol. The van der Waals surface area contributed by atoms with Crippen molar-refractivity contribution >= 4 is 27.5 Å². The summed E-state index contributed by atoms with van der Waals surface area (Å²) in [4.78, 5) is 17.0. The topological polar surface area (TPSA) is 44.8 Å². The molecule has 0 saturated carbocycles. The normalized spacial score (nSPS) is 16.6. The van der Waals surface area contributed by atoms with Crippen molar-refractivity contribution in [3.63, 3.8) is 0 Å². The molecule has 5 nitrogen and oxygen atoms in total. The van der Waals surface area contributed by atoms with Crippen molar-refractivity contribution in [3.8, 4) is 5.75 Å². The van der Waals surface area contributed by atoms with Gasteiger partial charge in [0.1, 0.15) is 0 Å². The van der Waals surface area contributed by atoms with Crippen molar-refractivity contribution in [1.82, 2.24) is 9.80 Å². The van der Waals surface area contributed by atoms with Gasteiger partial charge in [-0.3, -0.25) is 14.6 Å². The predicted octanol–water partition coefficient (Wildman–Crippen LogP) is 3.74. The van der Waals surface area contributed by atoms with Crippen LogP contribution >= 0.6 is 15.9 Å². The molecule has 0 spiro atoms. The van der Waals surface area contributed by atoms with Crippen LogP contribution in [0.25, 0.3) is 0 Å². The Morgan fingerprint density at radius 1 is 1.18 bits per heavy atom. The van der Waals surface area contributed by atoms with Crippen LogP contribution < -0.4 is 10.1 Å². The van der Waals surface area contributed by atoms with Crippen LogP contribution in [0.15, 0.2) is 46.9 Å². The van der Waals surface area contributed by atoms with Crippen molar-refractivity contribution in [2.24, 2.45) is 0 Å². The van der Waals surface area contributed by atoms with Crippen LogP contribution in [0, 0.1) is 5.82 Å². The molecule has 2 aromatic carbocycles. The zero-order valence-electron chi connectivity index (χ0n) is 16.1. The van der Waals surface area contributed by atoms with Crippen LogP contribution in [0.2, 0.25) is 0 Å². The number of nitrogens with one attached hydrogen (secondary N) is 1. The number of amides is 1. The molecule has 1 saturated heterocycles. The second kappa shape index (κ2) is 9.49. The third-order valence-corrected chi connectivity index (χ3v) is 5.60. The van der Waals surface area contributed by atoms with E-state index >= 15 is 0 Å². The summed E-state index contributed by atoms with van der Waals surface area (Å²) in [5.41, 5.74) is 1.72. The van der Waals surface area contributed by atoms with Gasteiger partial charge in [0.15, 0.2) is 11.6 Å². The molecule has 2 aromatic rings. The highest BCUT2D eigenvalue weighted by Crippen LogP contribution is 2.20. The lowest BCUT2D eigenvalue weighted by atomic mass is 10.1. The van der Waals surface area contributed by atoms with Crippen LogP contribution in [0.5, 0.6) is 5.75 Å². The molecule has 3 rings (SSSR count). The fraction of sp³-hybridized carbons (Fsp3) is 0.381. The van der Waals surface area contributed by atoms with E-state index in [0.717, 1.165) is 41.9 Å². The summed E-state index contributed by atoms with van der Waals surface area (Å²) in [7, 11) is 1.46. The largest absolute Gasteiger partial charge is 0.494 e. The van der Waals surface area contributed by atoms with Crippen molar-refractivity contribution in [1.29, 1.82) is 0 Å². The highest BCUT2D eigenvalue weighted by Gasteiger charge is 2.25. The number of ether oxygens (including phenoxy) is 1. The Morgan fingerprint density at radius 3 is 2.46 bits per heavy atom. The first-order valence-corrected chi connectivity index (χ1v) is 10.1. The summed E-state index contributed by atoms with van der Waals surface area (Å²) in [6.45, 7) is 5.89. The predicted molar refractivity (Wildman–Crippen MR) is 112 cm³/mol. The maximum Gasteiger partial charge on any atom is 0.241 e. The zero-order chi connectivity index (χ0) is 20.1. The number of hydrogen-bond acceptors (Lipinski definition) is 4. The van der Waals surface area contributed by atoms with Crippen molar-refractivity contribution in [3.05, 3.63) is 58.3 Å². The maximum absolute atomic E-state index is 13.9. The molecule has 1 aliphatic rings. The van der Waals surface area contributed by atoms with Crippen LogP contribution in [0.3, 0.4) is 0 Å². The van der Waals surface area contributed by atoms with Crippen molar-refractivity contribution in [2.75, 3.05) is 38.6 Å². The Morgan fingerprint density at radius 2 is 1.86 bits per heavy atom. The van der Waals surface area contributed by atoms with Gasteiger partial charge >= 0.3 is 0 Å². The highest BCUT2D eigenvalue weighted by molar-refractivity contribution is 9.10. The van der Waals surface area contributed by atoms with Crippen molar-refractivity contribution < 1.29 is 13.9 Å². The molecule has 7 heteroatoms. The second-order valence-corrected chi connectivity index (χ2v) is 7.87. The molecule has 1 aliphatic heterocycles. The van der Waals surface area contributed by atoms with Gasteiger partial charge in [0, 0.05) is 42.9 Å². The summed E-state index contributed by atoms with van der Waals surface area (Å²) in [6, 6.07) is 12.4. The quantitative estimate of drug-likeness (QED) is 0.729. The van der Waals surface area contributed by atoms with E-state index in [2.05, 4.69) is 31.0 Å². The fourth-order valence-electron chi connectivity index (χ4n) is 3.32. The Labute approximate surface area is 173 Å². The van der Waals surface area contributed by atoms with Crippen LogP contribution in [0.4, 0.5) is 10.1 Å². The number of carbonyl (C=O) groups excluding carboxylic acids is 1. The lowest BCUT2D eigenvalue weighted by Crippen LogP contribution is -2.52. The van der Waals surface area contributed by atoms with Gasteiger partial charge < -0.3 is 10.1 Å². The molecule has 0 bridgehead atoms. The van der Waals surface area contributed by atoms with Gasteiger partial charge in [-0.25, -0.2) is 4.39 Å². The van der Waals surface area contributed by atoms with Gasteiger partial charge in [0.2, 0.25) is 5.91 Å². The number of halogens is 2. The van der Waals surface area contributed by atoms with E-state index < -0.39 is 0 Å². The monoisotopic (exact) mass is 449 g/mol. The molecule has 150 valence electrons. The Kier molecular flexibility index (Phi) is 7.04. The van der Waals surface area contributed by atoms with Gasteiger partial charge in [0.25, 0.3) is 0 Å². The van der Waals surface area contributed by atoms with Gasteiger partial charge in [-0.15, -0.1) is 0 Å². The second-order valence-electron chi connectivity index (χ2n) is 6.95. The van der Waals surface area contributed by atoms with Crippen LogP contribution in [0.1, 0.15) is 12.5 Å². The molecule has 0 aliphatic carbocycles. The standard InChI is InChI=1S/C21H25BrFN3O2/c1-15(21(27)24-18-6-4-17(22)5-7-18)26-11-9-25(10-12-26)14-16-3-8-20(28-2)19(23)13-16/h3-8,13,15H,9-12,14H2,1-2H3,(H,24,27)/t15-/m1/s1. The summed E-state index contributed by atoms with van der Waals surface area (Å²) < 4.78 is 19.8. The first-order valence-electron chi connectivity index (χ1n) is 9.31. The molecule has 1 atom stereocenters. The smallest absolute Gasteiger partial charge is 0.241 e. The number of carbonyl (C=O) groups is 1. The molecule has 1 N–H and O–H groups in total. The summed E-state index contributed by atoms with van der Waals surface area (Å²) in [6.07, 6.45) is 0. The van der Waals surface area contributed by atoms with E-state index in [-0.39, 0.29) is 23.5 Å². The number of piperazine rings is 1. The average molecular weight is 450 g/mol. The highest BCUT2D eigenvalue weighted by atomic mass is 79.9. The van der Waals surface area contributed by atoms with Gasteiger partial charge in [-0.1, -0.05) is 22.0 Å². The van der Waals surface area contributed by atoms with E-state index in [4.69, 9.17) is 4.74 Å². The number of methoxy groups -OCH3 is 1. The Hall–Kier alpha value is -1.96. The van der Waals surface area contributed by atoms with E-state index in [0.29, 0.717) is 6.54 Å². The van der Waals surface area contributed by atoms with Crippen molar-refractivity contribution in [2.45, 2.75) is 19.5 Å². The first kappa shape index (κ1) is 20.8. The summed E-state index contributed by atoms with van der Waals surface area (Å²) in [5.74, 6) is -0.0796. The van der Waals surface area contributed by atoms with E-state index in [1.54, 1.807) is 6.07 Å². The summed E-state index contributed by atoms with van der Waals surface area (Å²) in [5, 5.41) is 2.97. The molecule has 0 aromatic heterocycles. The lowest BCUT2D eigenvalue weighted by Gasteiger charge is -2.37. The number of anilines is 1.